The number of rotatable bonds is 5. The van der Waals surface area contributed by atoms with Gasteiger partial charge in [-0.1, -0.05) is 0 Å². The van der Waals surface area contributed by atoms with Gasteiger partial charge in [0.1, 0.15) is 22.2 Å². The van der Waals surface area contributed by atoms with Gasteiger partial charge in [-0.15, -0.1) is 11.3 Å². The number of thiophene rings is 1. The molecule has 1 heterocycles. The Kier molecular flexibility index (Phi) is 4.39. The van der Waals surface area contributed by atoms with E-state index in [4.69, 9.17) is 15.6 Å². The molecule has 1 rings (SSSR count). The fourth-order valence-electron chi connectivity index (χ4n) is 1.08. The minimum Gasteiger partial charge on any atom is -0.477 e. The van der Waals surface area contributed by atoms with Gasteiger partial charge in [0, 0.05) is 0 Å². The van der Waals surface area contributed by atoms with Gasteiger partial charge in [0.15, 0.2) is 0 Å². The van der Waals surface area contributed by atoms with E-state index in [1.165, 1.54) is 0 Å². The maximum Gasteiger partial charge on any atom is 0.345 e. The third kappa shape index (κ3) is 2.84. The Morgan fingerprint density at radius 2 is 1.89 bits per heavy atom. The van der Waals surface area contributed by atoms with Crippen molar-refractivity contribution in [2.75, 3.05) is 13.1 Å². The Morgan fingerprint density at radius 3 is 2.28 bits per heavy atom. The molecular formula is C9H7N3O4S2. The van der Waals surface area contributed by atoms with E-state index in [0.717, 1.165) is 12.1 Å². The Labute approximate surface area is 107 Å². The lowest BCUT2D eigenvalue weighted by atomic mass is 10.5. The number of hydrogen-bond donors (Lipinski definition) is 1. The average molecular weight is 285 g/mol. The Hall–Kier alpha value is -1.94. The molecule has 0 aromatic carbocycles. The van der Waals surface area contributed by atoms with Crippen LogP contribution < -0.4 is 0 Å². The fraction of sp³-hybridized carbons (Fsp3) is 0.222. The van der Waals surface area contributed by atoms with Crippen molar-refractivity contribution in [2.24, 2.45) is 0 Å². The van der Waals surface area contributed by atoms with Gasteiger partial charge in [0.05, 0.1) is 12.1 Å². The molecule has 1 aromatic heterocycles. The van der Waals surface area contributed by atoms with Crippen molar-refractivity contribution in [3.63, 3.8) is 0 Å². The van der Waals surface area contributed by atoms with Gasteiger partial charge in [0.2, 0.25) is 0 Å². The van der Waals surface area contributed by atoms with Crippen LogP contribution in [-0.4, -0.2) is 36.9 Å². The molecule has 0 atom stereocenters. The first-order valence-corrected chi connectivity index (χ1v) is 6.76. The predicted molar refractivity (Wildman–Crippen MR) is 61.3 cm³/mol. The van der Waals surface area contributed by atoms with Crippen molar-refractivity contribution in [1.82, 2.24) is 4.31 Å². The summed E-state index contributed by atoms with van der Waals surface area (Å²) in [5.74, 6) is -1.23. The summed E-state index contributed by atoms with van der Waals surface area (Å²) in [6, 6.07) is 5.59. The molecule has 1 N–H and O–H groups in total. The smallest absolute Gasteiger partial charge is 0.345 e. The van der Waals surface area contributed by atoms with Gasteiger partial charge in [0.25, 0.3) is 10.0 Å². The summed E-state index contributed by atoms with van der Waals surface area (Å²) in [6.07, 6.45) is 0. The van der Waals surface area contributed by atoms with E-state index in [-0.39, 0.29) is 9.09 Å². The predicted octanol–water partition coefficient (Wildman–Crippen LogP) is 0.484. The molecule has 0 fully saturated rings. The van der Waals surface area contributed by atoms with Crippen molar-refractivity contribution in [1.29, 1.82) is 10.5 Å². The average Bonchev–Trinajstić information content (AvgIpc) is 2.78. The summed E-state index contributed by atoms with van der Waals surface area (Å²) >= 11 is 0.580. The highest BCUT2D eigenvalue weighted by Gasteiger charge is 2.26. The molecule has 0 spiro atoms. The highest BCUT2D eigenvalue weighted by Crippen LogP contribution is 2.24. The summed E-state index contributed by atoms with van der Waals surface area (Å²) in [7, 11) is -3.99. The van der Waals surface area contributed by atoms with Crippen LogP contribution in [0.2, 0.25) is 0 Å². The Morgan fingerprint density at radius 1 is 1.33 bits per heavy atom. The van der Waals surface area contributed by atoms with Crippen molar-refractivity contribution in [3.8, 4) is 12.1 Å². The van der Waals surface area contributed by atoms with Crippen LogP contribution in [0.1, 0.15) is 9.67 Å². The van der Waals surface area contributed by atoms with Gasteiger partial charge in [-0.3, -0.25) is 0 Å². The van der Waals surface area contributed by atoms with E-state index in [1.807, 2.05) is 0 Å². The standard InChI is InChI=1S/C9H7N3O4S2/c10-3-5-12(6-4-11)18(15,16)8-2-1-7(17-8)9(13)14/h1-2H,5-6H2,(H,13,14). The van der Waals surface area contributed by atoms with Crippen molar-refractivity contribution >= 4 is 27.3 Å². The van der Waals surface area contributed by atoms with Crippen LogP contribution in [0.3, 0.4) is 0 Å². The normalized spacial score (nSPS) is 10.8. The number of carboxylic acids is 1. The molecule has 0 aliphatic heterocycles. The van der Waals surface area contributed by atoms with E-state index < -0.39 is 29.1 Å². The van der Waals surface area contributed by atoms with Gasteiger partial charge in [-0.05, 0) is 12.1 Å². The third-order valence-electron chi connectivity index (χ3n) is 1.88. The monoisotopic (exact) mass is 285 g/mol. The molecule has 0 amide bonds. The summed E-state index contributed by atoms with van der Waals surface area (Å²) in [4.78, 5) is 10.5. The summed E-state index contributed by atoms with van der Waals surface area (Å²) in [5, 5.41) is 25.7. The third-order valence-corrected chi connectivity index (χ3v) is 5.21. The molecule has 0 saturated carbocycles. The van der Waals surface area contributed by atoms with Crippen LogP contribution in [0.15, 0.2) is 16.3 Å². The summed E-state index contributed by atoms with van der Waals surface area (Å²) < 4.78 is 24.5. The van der Waals surface area contributed by atoms with E-state index in [2.05, 4.69) is 0 Å². The SMILES string of the molecule is N#CCN(CC#N)S(=O)(=O)c1ccc(C(=O)O)s1. The molecule has 1 aromatic rings. The second kappa shape index (κ2) is 5.60. The largest absolute Gasteiger partial charge is 0.477 e. The van der Waals surface area contributed by atoms with E-state index >= 15 is 0 Å². The van der Waals surface area contributed by atoms with Gasteiger partial charge >= 0.3 is 5.97 Å². The number of hydrogen-bond acceptors (Lipinski definition) is 6. The second-order valence-electron chi connectivity index (χ2n) is 3.01. The molecule has 0 unspecified atom stereocenters. The zero-order chi connectivity index (χ0) is 13.8. The zero-order valence-corrected chi connectivity index (χ0v) is 10.5. The highest BCUT2D eigenvalue weighted by molar-refractivity contribution is 7.91. The van der Waals surface area contributed by atoms with Crippen LogP contribution >= 0.6 is 11.3 Å². The van der Waals surface area contributed by atoms with E-state index in [0.29, 0.717) is 15.6 Å². The fourth-order valence-corrected chi connectivity index (χ4v) is 3.62. The van der Waals surface area contributed by atoms with Crippen LogP contribution in [0.25, 0.3) is 0 Å². The number of aromatic carboxylic acids is 1. The number of carbonyl (C=O) groups is 1. The van der Waals surface area contributed by atoms with Crippen molar-refractivity contribution < 1.29 is 18.3 Å². The Balaban J connectivity index is 3.15. The zero-order valence-electron chi connectivity index (χ0n) is 8.90. The molecule has 18 heavy (non-hydrogen) atoms. The van der Waals surface area contributed by atoms with Gasteiger partial charge in [-0.25, -0.2) is 13.2 Å². The highest BCUT2D eigenvalue weighted by atomic mass is 32.2. The number of sulfonamides is 1. The van der Waals surface area contributed by atoms with Crippen LogP contribution in [0.4, 0.5) is 0 Å². The maximum absolute atomic E-state index is 12.0. The first-order chi connectivity index (χ1) is 8.43. The molecule has 9 heteroatoms. The second-order valence-corrected chi connectivity index (χ2v) is 6.26. The quantitative estimate of drug-likeness (QED) is 0.785. The topological polar surface area (TPSA) is 122 Å². The van der Waals surface area contributed by atoms with Crippen LogP contribution in [0, 0.1) is 22.7 Å². The van der Waals surface area contributed by atoms with E-state index in [9.17, 15) is 13.2 Å². The minimum atomic E-state index is -3.99. The lowest BCUT2D eigenvalue weighted by Gasteiger charge is -2.13. The van der Waals surface area contributed by atoms with Gasteiger partial charge in [-0.2, -0.15) is 14.8 Å². The number of nitriles is 2. The van der Waals surface area contributed by atoms with Crippen molar-refractivity contribution in [2.45, 2.75) is 4.21 Å². The maximum atomic E-state index is 12.0. The number of carboxylic acid groups (broad SMARTS) is 1. The molecule has 94 valence electrons. The van der Waals surface area contributed by atoms with Crippen LogP contribution in [0.5, 0.6) is 0 Å². The lowest BCUT2D eigenvalue weighted by Crippen LogP contribution is -2.31. The first kappa shape index (κ1) is 14.1. The minimum absolute atomic E-state index is 0.123. The summed E-state index contributed by atoms with van der Waals surface area (Å²) in [6.45, 7) is -0.924. The molecule has 7 nitrogen and oxygen atoms in total. The van der Waals surface area contributed by atoms with E-state index in [1.54, 1.807) is 12.1 Å². The van der Waals surface area contributed by atoms with Crippen molar-refractivity contribution in [3.05, 3.63) is 17.0 Å². The molecule has 0 bridgehead atoms. The molecular weight excluding hydrogens is 278 g/mol. The first-order valence-electron chi connectivity index (χ1n) is 4.50. The molecule has 0 saturated heterocycles. The Bertz CT molecular complexity index is 620. The van der Waals surface area contributed by atoms with Crippen LogP contribution in [-0.2, 0) is 10.0 Å². The number of nitrogens with zero attached hydrogens (tertiary/aromatic N) is 3. The van der Waals surface area contributed by atoms with Gasteiger partial charge < -0.3 is 5.11 Å². The lowest BCUT2D eigenvalue weighted by molar-refractivity contribution is 0.0702. The molecule has 0 radical (unpaired) electrons. The summed E-state index contributed by atoms with van der Waals surface area (Å²) in [5.41, 5.74) is 0. The molecule has 0 aliphatic carbocycles. The molecule has 0 aliphatic rings.